The summed E-state index contributed by atoms with van der Waals surface area (Å²) in [6.45, 7) is 18.0. The quantitative estimate of drug-likeness (QED) is 0.274. The zero-order chi connectivity index (χ0) is 20.3. The summed E-state index contributed by atoms with van der Waals surface area (Å²) in [6.07, 6.45) is 3.94. The van der Waals surface area contributed by atoms with Crippen LogP contribution in [0.1, 0.15) is 47.5 Å². The number of rotatable bonds is 6. The molecule has 1 N–H and O–H groups in total. The van der Waals surface area contributed by atoms with E-state index in [1.54, 1.807) is 6.41 Å². The number of amides is 2. The maximum atomic E-state index is 12.1. The number of hydrogen-bond acceptors (Lipinski definition) is 5. The van der Waals surface area contributed by atoms with Gasteiger partial charge in [0.05, 0.1) is 0 Å². The van der Waals surface area contributed by atoms with Crippen molar-refractivity contribution in [2.75, 3.05) is 58.9 Å². The van der Waals surface area contributed by atoms with E-state index >= 15 is 0 Å². The third-order valence-corrected chi connectivity index (χ3v) is 4.87. The predicted octanol–water partition coefficient (Wildman–Crippen LogP) is 1.93. The second-order valence-corrected chi connectivity index (χ2v) is 8.08. The smallest absolute Gasteiger partial charge is 0.410 e. The molecule has 2 saturated heterocycles. The minimum atomic E-state index is -0.429. The van der Waals surface area contributed by atoms with Crippen molar-refractivity contribution in [2.45, 2.75) is 53.1 Å². The molecule has 0 bridgehead atoms. The molecule has 7 nitrogen and oxygen atoms in total. The van der Waals surface area contributed by atoms with E-state index in [0.717, 1.165) is 58.3 Å². The Labute approximate surface area is 165 Å². The molecule has 28 heavy (non-hydrogen) atoms. The van der Waals surface area contributed by atoms with Gasteiger partial charge < -0.3 is 24.6 Å². The van der Waals surface area contributed by atoms with Gasteiger partial charge in [-0.3, -0.25) is 4.90 Å². The van der Waals surface area contributed by atoms with Gasteiger partial charge in [0.1, 0.15) is 5.60 Å². The van der Waals surface area contributed by atoms with Crippen LogP contribution in [-0.2, 0) is 9.53 Å². The Morgan fingerprint density at radius 2 is 1.61 bits per heavy atom. The molecule has 2 heterocycles. The summed E-state index contributed by atoms with van der Waals surface area (Å²) in [6, 6.07) is 0. The number of likely N-dealkylation sites (tertiary alicyclic amines) is 1. The molecule has 0 aliphatic carbocycles. The summed E-state index contributed by atoms with van der Waals surface area (Å²) in [5, 5.41) is 2.60. The molecular weight excluding hydrogens is 601 g/mol. The van der Waals surface area contributed by atoms with Crippen molar-refractivity contribution in [3.63, 3.8) is 0 Å². The normalized spacial score (nSPS) is 19.1. The van der Waals surface area contributed by atoms with Crippen LogP contribution in [0, 0.1) is 5.92 Å². The molecule has 0 atom stereocenters. The van der Waals surface area contributed by atoms with Crippen LogP contribution >= 0.6 is 0 Å². The largest absolute Gasteiger partial charge is 0.529 e. The number of piperidine rings is 1. The Kier molecular flexibility index (Phi) is 11.9. The van der Waals surface area contributed by atoms with Gasteiger partial charge in [-0.15, -0.1) is 0 Å². The van der Waals surface area contributed by atoms with Gasteiger partial charge in [-0.1, -0.05) is 13.8 Å². The fraction of sp³-hybridized carbons (Fsp3) is 0.900. The Morgan fingerprint density at radius 1 is 1.04 bits per heavy atom. The number of carbonyl (C=O) groups excluding carboxylic acids is 2. The van der Waals surface area contributed by atoms with E-state index in [9.17, 15) is 9.59 Å². The van der Waals surface area contributed by atoms with Crippen molar-refractivity contribution < 1.29 is 14.3 Å². The summed E-state index contributed by atoms with van der Waals surface area (Å²) in [4.78, 5) is 29.0. The van der Waals surface area contributed by atoms with Crippen molar-refractivity contribution in [1.29, 1.82) is 0 Å². The maximum Gasteiger partial charge on any atom is 0.410 e. The molecule has 0 spiro atoms. The van der Waals surface area contributed by atoms with Gasteiger partial charge in [-0.05, 0) is 59.2 Å². The fourth-order valence-corrected chi connectivity index (χ4v) is 3.46. The molecule has 2 aliphatic rings. The van der Waals surface area contributed by atoms with Gasteiger partial charge in [0, 0.05) is 39.3 Å². The summed E-state index contributed by atoms with van der Waals surface area (Å²) >= 11 is 0. The van der Waals surface area contributed by atoms with Gasteiger partial charge in [-0.2, -0.15) is 6.41 Å². The van der Waals surface area contributed by atoms with Crippen molar-refractivity contribution in [2.24, 2.45) is 5.92 Å². The van der Waals surface area contributed by atoms with Crippen LogP contribution in [0.15, 0.2) is 0 Å². The molecule has 0 aromatic rings. The minimum Gasteiger partial charge on any atom is -0.529 e. The summed E-state index contributed by atoms with van der Waals surface area (Å²) in [5.41, 5.74) is -0.429. The fourth-order valence-electron chi connectivity index (χ4n) is 3.46. The van der Waals surface area contributed by atoms with E-state index in [-0.39, 0.29) is 6.09 Å². The van der Waals surface area contributed by atoms with Crippen molar-refractivity contribution >= 4 is 12.5 Å². The second kappa shape index (κ2) is 12.9. The molecule has 8 heteroatoms. The number of ether oxygens (including phenoxy) is 1. The molecule has 0 radical (unpaired) electrons. The Hall–Kier alpha value is -2.34. The molecule has 0 aromatic carbocycles. The van der Waals surface area contributed by atoms with Crippen LogP contribution in [0.5, 0.6) is 0 Å². The van der Waals surface area contributed by atoms with Gasteiger partial charge >= 0.3 is 6.09 Å². The number of hydrogen-bond donors (Lipinski definition) is 1. The molecule has 2 rings (SSSR count). The monoisotopic (exact) mass is 640 g/mol. The molecule has 2 fully saturated rings. The van der Waals surface area contributed by atoms with Crippen molar-refractivity contribution in [3.05, 3.63) is 0 Å². The molecule has 0 unspecified atom stereocenters. The summed E-state index contributed by atoms with van der Waals surface area (Å²) < 4.78 is 5.45. The van der Waals surface area contributed by atoms with Gasteiger partial charge in [-0.25, -0.2) is 4.79 Å². The van der Waals surface area contributed by atoms with Crippen LogP contribution in [0.3, 0.4) is 0 Å². The number of nitrogens with one attached hydrogen (secondary N) is 1. The molecule has 2 amide bonds. The van der Waals surface area contributed by atoms with Crippen molar-refractivity contribution in [1.82, 2.24) is 20.0 Å². The van der Waals surface area contributed by atoms with E-state index in [1.807, 2.05) is 39.5 Å². The maximum absolute atomic E-state index is 12.1. The zero-order valence-electron chi connectivity index (χ0n) is 18.2. The molecule has 0 aromatic heterocycles. The van der Waals surface area contributed by atoms with E-state index < -0.39 is 5.60 Å². The average molecular weight is 641 g/mol. The standard InChI is InChI=1S/C18H33N4O3.C2H6.Fm/c1-18(2,3)25-17(24)22-12-10-21(11-13-22)14-16-4-7-20(8-5-16)9-6-19-15-23;1-2;/h16H,4-14H2,1-3H3,(H,19,23);1-2H3;/q-1;;. The first-order chi connectivity index (χ1) is 12.9. The third-order valence-electron chi connectivity index (χ3n) is 4.87. The van der Waals surface area contributed by atoms with Gasteiger partial charge in [0.25, 0.3) is 0 Å². The molecule has 2 aliphatic heterocycles. The van der Waals surface area contributed by atoms with Crippen LogP contribution in [0.25, 0.3) is 0 Å². The van der Waals surface area contributed by atoms with Crippen LogP contribution in [0.2, 0.25) is 0 Å². The Bertz CT molecular complexity index is 430. The van der Waals surface area contributed by atoms with Crippen LogP contribution < -0.4 is 5.32 Å². The van der Waals surface area contributed by atoms with Crippen LogP contribution in [0.4, 0.5) is 4.79 Å². The number of piperazine rings is 1. The summed E-state index contributed by atoms with van der Waals surface area (Å²) in [7, 11) is 0. The van der Waals surface area contributed by atoms with E-state index in [2.05, 4.69) is 15.1 Å². The van der Waals surface area contributed by atoms with Crippen LogP contribution in [-0.4, -0.2) is 91.7 Å². The topological polar surface area (TPSA) is 65.1 Å². The summed E-state index contributed by atoms with van der Waals surface area (Å²) in [5.74, 6) is 0.731. The predicted molar refractivity (Wildman–Crippen MR) is 108 cm³/mol. The Balaban J connectivity index is 0.00000235. The first-order valence-corrected chi connectivity index (χ1v) is 10.4. The van der Waals surface area contributed by atoms with E-state index in [1.165, 1.54) is 12.8 Å². The minimum absolute atomic E-state index is 0. The number of carbonyl (C=O) groups is 1. The average Bonchev–Trinajstić information content (AvgIpc) is 2.64. The Morgan fingerprint density at radius 3 is 2.11 bits per heavy atom. The first-order valence-electron chi connectivity index (χ1n) is 10.4. The van der Waals surface area contributed by atoms with E-state index in [0.29, 0.717) is 6.54 Å². The SMILES string of the molecule is CC.CC(C)(C)OC(=O)N1CCN(CC2CCN(CCN[C-]=O)CC2)CC1.[Fm]. The van der Waals surface area contributed by atoms with Gasteiger partial charge in [0.15, 0.2) is 0 Å². The second-order valence-electron chi connectivity index (χ2n) is 8.08. The zero-order valence-corrected chi connectivity index (χ0v) is 20.6. The molecule has 0 saturated carbocycles. The van der Waals surface area contributed by atoms with E-state index in [4.69, 9.17) is 4.74 Å². The number of nitrogens with zero attached hydrogens (tertiary/aromatic N) is 3. The van der Waals surface area contributed by atoms with Gasteiger partial charge in [0.2, 0.25) is 0 Å². The molecule has 170 valence electrons. The third kappa shape index (κ3) is 9.55. The molecular formula is C20H39FmN4O3-. The van der Waals surface area contributed by atoms with Crippen molar-refractivity contribution in [3.8, 4) is 0 Å². The first kappa shape index (κ1) is 25.7.